The normalized spacial score (nSPS) is 11.1. The van der Waals surface area contributed by atoms with Crippen LogP contribution in [0.5, 0.6) is 0 Å². The molecule has 0 saturated heterocycles. The third-order valence-electron chi connectivity index (χ3n) is 1.55. The highest BCUT2D eigenvalue weighted by Crippen LogP contribution is 1.91. The van der Waals surface area contributed by atoms with Gasteiger partial charge in [-0.3, -0.25) is 0 Å². The van der Waals surface area contributed by atoms with Crippen LogP contribution in [-0.2, 0) is 12.8 Å². The number of H-pyrrole nitrogens is 2. The van der Waals surface area contributed by atoms with Crippen LogP contribution in [0.3, 0.4) is 0 Å². The van der Waals surface area contributed by atoms with Gasteiger partial charge in [-0.15, -0.1) is 20.4 Å². The number of nitrogens with zero attached hydrogens (tertiary/aromatic N) is 6. The second-order valence-corrected chi connectivity index (χ2v) is 2.54. The lowest BCUT2D eigenvalue weighted by Gasteiger charge is -1.84. The smallest absolute Gasteiger partial charge is 0.177 e. The van der Waals surface area contributed by atoms with Crippen LogP contribution in [0.1, 0.15) is 11.6 Å². The summed E-state index contributed by atoms with van der Waals surface area (Å²) in [6, 6.07) is 0. The van der Waals surface area contributed by atoms with Crippen molar-refractivity contribution in [3.05, 3.63) is 23.8 Å². The minimum absolute atomic E-state index is 0.647. The molecule has 14 heavy (non-hydrogen) atoms. The molecule has 0 bridgehead atoms. The Morgan fingerprint density at radius 3 is 1.71 bits per heavy atom. The van der Waals surface area contributed by atoms with Crippen LogP contribution in [0.25, 0.3) is 0 Å². The number of hydrogen-bond donors (Lipinski definition) is 2. The quantitative estimate of drug-likeness (QED) is 0.605. The Morgan fingerprint density at radius 2 is 1.36 bits per heavy atom. The van der Waals surface area contributed by atoms with Crippen LogP contribution in [0, 0.1) is 0 Å². The second-order valence-electron chi connectivity index (χ2n) is 2.54. The first kappa shape index (κ1) is 8.48. The lowest BCUT2D eigenvalue weighted by atomic mass is 10.3. The molecular weight excluding hydrogens is 184 g/mol. The van der Waals surface area contributed by atoms with Gasteiger partial charge in [-0.25, -0.2) is 0 Å². The number of nitrogens with one attached hydrogen (secondary N) is 2. The van der Waals surface area contributed by atoms with Crippen molar-refractivity contribution in [1.29, 1.82) is 0 Å². The summed E-state index contributed by atoms with van der Waals surface area (Å²) >= 11 is 0. The molecule has 72 valence electrons. The van der Waals surface area contributed by atoms with Crippen molar-refractivity contribution in [2.24, 2.45) is 0 Å². The maximum Gasteiger partial charge on any atom is 0.178 e. The molecular formula is C6H8N8. The van der Waals surface area contributed by atoms with E-state index in [1.54, 1.807) is 0 Å². The maximum atomic E-state index is 3.80. The molecule has 0 amide bonds. The van der Waals surface area contributed by atoms with Gasteiger partial charge in [0.2, 0.25) is 0 Å². The molecule has 8 heteroatoms. The monoisotopic (exact) mass is 192 g/mol. The molecule has 0 saturated carbocycles. The average molecular weight is 192 g/mol. The molecule has 0 radical (unpaired) electrons. The molecule has 0 spiro atoms. The van der Waals surface area contributed by atoms with Gasteiger partial charge in [-0.05, 0) is 0 Å². The number of rotatable bonds is 4. The zero-order valence-electron chi connectivity index (χ0n) is 7.25. The highest BCUT2D eigenvalue weighted by molar-refractivity contribution is 4.96. The predicted molar refractivity (Wildman–Crippen MR) is 44.9 cm³/mol. The molecule has 2 N–H and O–H groups in total. The van der Waals surface area contributed by atoms with E-state index in [0.717, 1.165) is 0 Å². The molecule has 0 unspecified atom stereocenters. The van der Waals surface area contributed by atoms with E-state index in [9.17, 15) is 0 Å². The molecule has 0 aliphatic carbocycles. The van der Waals surface area contributed by atoms with Crippen molar-refractivity contribution < 1.29 is 0 Å². The van der Waals surface area contributed by atoms with Gasteiger partial charge >= 0.3 is 0 Å². The molecule has 2 heterocycles. The fourth-order valence-corrected chi connectivity index (χ4v) is 0.915. The summed E-state index contributed by atoms with van der Waals surface area (Å²) < 4.78 is 0. The molecule has 0 atom stereocenters. The van der Waals surface area contributed by atoms with Gasteiger partial charge in [0.05, 0.1) is 0 Å². The van der Waals surface area contributed by atoms with Crippen molar-refractivity contribution in [1.82, 2.24) is 41.2 Å². The van der Waals surface area contributed by atoms with E-state index in [-0.39, 0.29) is 0 Å². The largest absolute Gasteiger partial charge is 0.178 e. The topological polar surface area (TPSA) is 109 Å². The first-order valence-corrected chi connectivity index (χ1v) is 4.05. The summed E-state index contributed by atoms with van der Waals surface area (Å²) in [5.74, 6) is 1.32. The zero-order chi connectivity index (χ0) is 9.64. The van der Waals surface area contributed by atoms with Gasteiger partial charge in [0, 0.05) is 12.8 Å². The minimum Gasteiger partial charge on any atom is -0.177 e. The Hall–Kier alpha value is -2.12. The Kier molecular flexibility index (Phi) is 2.55. The first-order valence-electron chi connectivity index (χ1n) is 4.05. The number of aromatic nitrogens is 8. The summed E-state index contributed by atoms with van der Waals surface area (Å²) in [6.07, 6.45) is 5.16. The standard InChI is InChI=1S/C6H8N8/c1(3-5-7-11-12-8-5)2-4-6-9-13-14-10-6/h1-2H,3-4H2,(H,7,8,11,12)(H,9,10,13,14). The zero-order valence-corrected chi connectivity index (χ0v) is 7.25. The van der Waals surface area contributed by atoms with E-state index in [1.165, 1.54) is 0 Å². The van der Waals surface area contributed by atoms with Crippen molar-refractivity contribution in [3.63, 3.8) is 0 Å². The molecule has 0 aromatic carbocycles. The van der Waals surface area contributed by atoms with Crippen LogP contribution in [0.4, 0.5) is 0 Å². The molecule has 2 aromatic heterocycles. The second kappa shape index (κ2) is 4.21. The molecule has 0 aliphatic heterocycles. The minimum atomic E-state index is 0.647. The van der Waals surface area contributed by atoms with Crippen molar-refractivity contribution in [3.8, 4) is 0 Å². The van der Waals surface area contributed by atoms with Crippen molar-refractivity contribution in [2.75, 3.05) is 0 Å². The number of allylic oxidation sites excluding steroid dienone is 2. The first-order chi connectivity index (χ1) is 6.95. The third kappa shape index (κ3) is 2.19. The van der Waals surface area contributed by atoms with Gasteiger partial charge < -0.3 is 0 Å². The molecule has 0 aliphatic rings. The number of aromatic amines is 2. The van der Waals surface area contributed by atoms with Gasteiger partial charge in [0.25, 0.3) is 0 Å². The van der Waals surface area contributed by atoms with E-state index in [2.05, 4.69) is 41.2 Å². The predicted octanol–water partition coefficient (Wildman–Crippen LogP) is -0.946. The van der Waals surface area contributed by atoms with Crippen molar-refractivity contribution in [2.45, 2.75) is 12.8 Å². The maximum absolute atomic E-state index is 3.80. The van der Waals surface area contributed by atoms with Crippen LogP contribution in [-0.4, -0.2) is 41.2 Å². The Bertz CT molecular complexity index is 336. The van der Waals surface area contributed by atoms with Crippen LogP contribution in [0.15, 0.2) is 12.2 Å². The van der Waals surface area contributed by atoms with E-state index in [1.807, 2.05) is 12.2 Å². The molecule has 8 nitrogen and oxygen atoms in total. The molecule has 2 aromatic rings. The lowest BCUT2D eigenvalue weighted by molar-refractivity contribution is 0.881. The van der Waals surface area contributed by atoms with E-state index in [4.69, 9.17) is 0 Å². The molecule has 2 rings (SSSR count). The summed E-state index contributed by atoms with van der Waals surface area (Å²) in [5, 5.41) is 26.9. The summed E-state index contributed by atoms with van der Waals surface area (Å²) in [6.45, 7) is 0. The highest BCUT2D eigenvalue weighted by Gasteiger charge is 1.94. The third-order valence-corrected chi connectivity index (χ3v) is 1.55. The highest BCUT2D eigenvalue weighted by atomic mass is 15.5. The van der Waals surface area contributed by atoms with Crippen LogP contribution >= 0.6 is 0 Å². The van der Waals surface area contributed by atoms with Gasteiger partial charge in [0.15, 0.2) is 11.6 Å². The average Bonchev–Trinajstić information content (AvgIpc) is 2.86. The van der Waals surface area contributed by atoms with Crippen LogP contribution < -0.4 is 0 Å². The summed E-state index contributed by atoms with van der Waals surface area (Å²) in [7, 11) is 0. The lowest BCUT2D eigenvalue weighted by Crippen LogP contribution is -1.87. The molecule has 0 fully saturated rings. The van der Waals surface area contributed by atoms with E-state index < -0.39 is 0 Å². The Morgan fingerprint density at radius 1 is 0.857 bits per heavy atom. The Labute approximate surface area is 78.8 Å². The van der Waals surface area contributed by atoms with Crippen molar-refractivity contribution >= 4 is 0 Å². The van der Waals surface area contributed by atoms with Gasteiger partial charge in [0.1, 0.15) is 0 Å². The SMILES string of the molecule is C(=CCc1nn[nH]n1)Cc1nn[nH]n1. The Balaban J connectivity index is 1.79. The number of hydrogen-bond acceptors (Lipinski definition) is 6. The van der Waals surface area contributed by atoms with E-state index in [0.29, 0.717) is 24.5 Å². The summed E-state index contributed by atoms with van der Waals surface area (Å²) in [4.78, 5) is 0. The van der Waals surface area contributed by atoms with Gasteiger partial charge in [-0.2, -0.15) is 10.4 Å². The van der Waals surface area contributed by atoms with E-state index >= 15 is 0 Å². The van der Waals surface area contributed by atoms with Crippen LogP contribution in [0.2, 0.25) is 0 Å². The number of tetrazole rings is 2. The fraction of sp³-hybridized carbons (Fsp3) is 0.333. The fourth-order valence-electron chi connectivity index (χ4n) is 0.915. The summed E-state index contributed by atoms with van der Waals surface area (Å²) in [5.41, 5.74) is 0. The van der Waals surface area contributed by atoms with Gasteiger partial charge in [-0.1, -0.05) is 22.6 Å².